The Morgan fingerprint density at radius 3 is 2.21 bits per heavy atom. The van der Waals surface area contributed by atoms with Gasteiger partial charge in [0, 0.05) is 30.4 Å². The van der Waals surface area contributed by atoms with Crippen LogP contribution >= 0.6 is 0 Å². The van der Waals surface area contributed by atoms with E-state index in [1.54, 1.807) is 18.2 Å². The molecule has 2 aromatic rings. The molecule has 1 aliphatic rings. The Morgan fingerprint density at radius 2 is 1.54 bits per heavy atom. The molecule has 0 unspecified atom stereocenters. The molecule has 1 amide bonds. The molecule has 0 bridgehead atoms. The second kappa shape index (κ2) is 9.71. The van der Waals surface area contributed by atoms with E-state index in [0.29, 0.717) is 11.7 Å². The van der Waals surface area contributed by atoms with Crippen LogP contribution in [-0.2, 0) is 14.8 Å². The van der Waals surface area contributed by atoms with Crippen molar-refractivity contribution >= 4 is 27.3 Å². The minimum Gasteiger partial charge on any atom is -0.382 e. The molecule has 0 aliphatic heterocycles. The smallest absolute Gasteiger partial charge is 0.240 e. The molecular weight excluding hydrogens is 374 g/mol. The van der Waals surface area contributed by atoms with Gasteiger partial charge in [-0.25, -0.2) is 13.1 Å². The number of nitrogens with one attached hydrogen (secondary N) is 3. The van der Waals surface area contributed by atoms with Gasteiger partial charge < -0.3 is 10.6 Å². The average molecular weight is 402 g/mol. The van der Waals surface area contributed by atoms with Crippen molar-refractivity contribution in [3.8, 4) is 0 Å². The summed E-state index contributed by atoms with van der Waals surface area (Å²) >= 11 is 0. The van der Waals surface area contributed by atoms with Gasteiger partial charge in [0.15, 0.2) is 0 Å². The van der Waals surface area contributed by atoms with Crippen molar-refractivity contribution in [2.75, 3.05) is 17.2 Å². The van der Waals surface area contributed by atoms with Gasteiger partial charge in [0.1, 0.15) is 0 Å². The fourth-order valence-corrected chi connectivity index (χ4v) is 4.39. The Labute approximate surface area is 166 Å². The zero-order valence-corrected chi connectivity index (χ0v) is 16.7. The summed E-state index contributed by atoms with van der Waals surface area (Å²) in [4.78, 5) is 12.3. The van der Waals surface area contributed by atoms with Crippen LogP contribution in [0.25, 0.3) is 0 Å². The van der Waals surface area contributed by atoms with E-state index in [1.807, 2.05) is 24.3 Å². The van der Waals surface area contributed by atoms with Gasteiger partial charge in [0.05, 0.1) is 4.90 Å². The molecule has 0 radical (unpaired) electrons. The molecule has 0 atom stereocenters. The number of hydrogen-bond acceptors (Lipinski definition) is 4. The third-order valence-corrected chi connectivity index (χ3v) is 6.32. The van der Waals surface area contributed by atoms with Crippen LogP contribution < -0.4 is 15.4 Å². The molecule has 7 heteroatoms. The molecule has 0 spiro atoms. The number of benzene rings is 2. The van der Waals surface area contributed by atoms with Crippen LogP contribution in [0.1, 0.15) is 38.5 Å². The highest BCUT2D eigenvalue weighted by atomic mass is 32.2. The van der Waals surface area contributed by atoms with Crippen LogP contribution in [0, 0.1) is 0 Å². The molecule has 3 N–H and O–H groups in total. The molecule has 3 rings (SSSR count). The van der Waals surface area contributed by atoms with Gasteiger partial charge in [-0.2, -0.15) is 0 Å². The van der Waals surface area contributed by atoms with Crippen LogP contribution in [0.3, 0.4) is 0 Å². The molecule has 1 saturated carbocycles. The molecule has 150 valence electrons. The minimum absolute atomic E-state index is 0.0460. The van der Waals surface area contributed by atoms with Crippen LogP contribution in [-0.4, -0.2) is 26.9 Å². The number of sulfonamides is 1. The highest BCUT2D eigenvalue weighted by molar-refractivity contribution is 7.89. The van der Waals surface area contributed by atoms with Crippen molar-refractivity contribution in [2.45, 2.75) is 49.5 Å². The Hall–Kier alpha value is -2.38. The first kappa shape index (κ1) is 20.4. The lowest BCUT2D eigenvalue weighted by atomic mass is 9.95. The van der Waals surface area contributed by atoms with Crippen molar-refractivity contribution in [1.29, 1.82) is 0 Å². The van der Waals surface area contributed by atoms with Crippen molar-refractivity contribution in [2.24, 2.45) is 0 Å². The first-order valence-electron chi connectivity index (χ1n) is 9.74. The maximum absolute atomic E-state index is 12.1. The molecule has 28 heavy (non-hydrogen) atoms. The summed E-state index contributed by atoms with van der Waals surface area (Å²) in [6.07, 6.45) is 6.35. The third-order valence-electron chi connectivity index (χ3n) is 4.84. The molecule has 0 saturated heterocycles. The number of hydrogen-bond donors (Lipinski definition) is 3. The Kier molecular flexibility index (Phi) is 7.06. The minimum atomic E-state index is -3.59. The summed E-state index contributed by atoms with van der Waals surface area (Å²) in [5.41, 5.74) is 1.76. The van der Waals surface area contributed by atoms with Crippen molar-refractivity contribution in [3.63, 3.8) is 0 Å². The fourth-order valence-electron chi connectivity index (χ4n) is 3.34. The summed E-state index contributed by atoms with van der Waals surface area (Å²) in [5, 5.41) is 6.34. The largest absolute Gasteiger partial charge is 0.382 e. The fraction of sp³-hybridized carbons (Fsp3) is 0.381. The lowest BCUT2D eigenvalue weighted by molar-refractivity contribution is -0.116. The molecule has 1 fully saturated rings. The molecule has 0 heterocycles. The normalized spacial score (nSPS) is 15.1. The molecule has 0 aromatic heterocycles. The standard InChI is InChI=1S/C21H27N3O3S/c25-21(15-16-22-28(26,27)20-9-5-2-6-10-20)24-19-13-11-18(12-14-19)23-17-7-3-1-4-8-17/h2,5-6,9-14,17,22-23H,1,3-4,7-8,15-16H2,(H,24,25). The van der Waals surface area contributed by atoms with Gasteiger partial charge in [-0.3, -0.25) is 4.79 Å². The van der Waals surface area contributed by atoms with Crippen molar-refractivity contribution in [1.82, 2.24) is 4.72 Å². The molecule has 6 nitrogen and oxygen atoms in total. The van der Waals surface area contributed by atoms with Gasteiger partial charge in [0.2, 0.25) is 15.9 Å². The van der Waals surface area contributed by atoms with Crippen LogP contribution in [0.2, 0.25) is 0 Å². The Bertz CT molecular complexity index is 862. The van der Waals surface area contributed by atoms with E-state index in [0.717, 1.165) is 5.69 Å². The van der Waals surface area contributed by atoms with Gasteiger partial charge in [-0.1, -0.05) is 37.5 Å². The van der Waals surface area contributed by atoms with Gasteiger partial charge in [-0.15, -0.1) is 0 Å². The molecular formula is C21H27N3O3S. The maximum atomic E-state index is 12.1. The van der Waals surface area contributed by atoms with Crippen LogP contribution in [0.15, 0.2) is 59.5 Å². The topological polar surface area (TPSA) is 87.3 Å². The summed E-state index contributed by atoms with van der Waals surface area (Å²) < 4.78 is 26.7. The SMILES string of the molecule is O=C(CCNS(=O)(=O)c1ccccc1)Nc1ccc(NC2CCCCC2)cc1. The van der Waals surface area contributed by atoms with Gasteiger partial charge in [0.25, 0.3) is 0 Å². The van der Waals surface area contributed by atoms with E-state index < -0.39 is 10.0 Å². The second-order valence-corrected chi connectivity index (χ2v) is 8.83. The zero-order valence-electron chi connectivity index (χ0n) is 15.9. The van der Waals surface area contributed by atoms with E-state index in [1.165, 1.54) is 44.2 Å². The van der Waals surface area contributed by atoms with Crippen LogP contribution in [0.5, 0.6) is 0 Å². The first-order chi connectivity index (χ1) is 13.5. The number of amides is 1. The van der Waals surface area contributed by atoms with Crippen molar-refractivity contribution in [3.05, 3.63) is 54.6 Å². The van der Waals surface area contributed by atoms with E-state index in [2.05, 4.69) is 15.4 Å². The van der Waals surface area contributed by atoms with E-state index >= 15 is 0 Å². The average Bonchev–Trinajstić information content (AvgIpc) is 2.71. The molecule has 2 aromatic carbocycles. The monoisotopic (exact) mass is 401 g/mol. The van der Waals surface area contributed by atoms with Gasteiger partial charge in [-0.05, 0) is 49.2 Å². The number of carbonyl (C=O) groups excluding carboxylic acids is 1. The van der Waals surface area contributed by atoms with E-state index in [-0.39, 0.29) is 23.8 Å². The summed E-state index contributed by atoms with van der Waals surface area (Å²) in [7, 11) is -3.59. The Morgan fingerprint density at radius 1 is 0.893 bits per heavy atom. The van der Waals surface area contributed by atoms with E-state index in [9.17, 15) is 13.2 Å². The summed E-state index contributed by atoms with van der Waals surface area (Å²) in [5.74, 6) is -0.233. The highest BCUT2D eigenvalue weighted by Gasteiger charge is 2.14. The highest BCUT2D eigenvalue weighted by Crippen LogP contribution is 2.22. The lowest BCUT2D eigenvalue weighted by Crippen LogP contribution is -2.27. The van der Waals surface area contributed by atoms with Gasteiger partial charge >= 0.3 is 0 Å². The quantitative estimate of drug-likeness (QED) is 0.629. The maximum Gasteiger partial charge on any atom is 0.240 e. The predicted octanol–water partition coefficient (Wildman–Crippen LogP) is 3.74. The second-order valence-electron chi connectivity index (χ2n) is 7.07. The number of rotatable bonds is 8. The lowest BCUT2D eigenvalue weighted by Gasteiger charge is -2.23. The van der Waals surface area contributed by atoms with Crippen LogP contribution in [0.4, 0.5) is 11.4 Å². The van der Waals surface area contributed by atoms with Crippen molar-refractivity contribution < 1.29 is 13.2 Å². The van der Waals surface area contributed by atoms with E-state index in [4.69, 9.17) is 0 Å². The number of carbonyl (C=O) groups is 1. The summed E-state index contributed by atoms with van der Waals surface area (Å²) in [6.45, 7) is 0.0460. The third kappa shape index (κ3) is 6.07. The number of anilines is 2. The zero-order chi connectivity index (χ0) is 19.8. The first-order valence-corrected chi connectivity index (χ1v) is 11.2. The Balaban J connectivity index is 1.43. The molecule has 1 aliphatic carbocycles. The summed E-state index contributed by atoms with van der Waals surface area (Å²) in [6, 6.07) is 16.3. The predicted molar refractivity (Wildman–Crippen MR) is 112 cm³/mol.